The Kier molecular flexibility index (Phi) is 4.08. The number of rotatable bonds is 2. The van der Waals surface area contributed by atoms with E-state index in [0.717, 1.165) is 22.3 Å². The quantitative estimate of drug-likeness (QED) is 0.905. The fourth-order valence-corrected chi connectivity index (χ4v) is 1.40. The number of anilines is 1. The second kappa shape index (κ2) is 4.95. The topological polar surface area (TPSA) is 42.0 Å². The van der Waals surface area contributed by atoms with Gasteiger partial charge in [0.05, 0.1) is 10.2 Å². The van der Waals surface area contributed by atoms with Crippen molar-refractivity contribution >= 4 is 27.5 Å². The van der Waals surface area contributed by atoms with Gasteiger partial charge >= 0.3 is 0 Å². The van der Waals surface area contributed by atoms with Gasteiger partial charge < -0.3 is 5.32 Å². The number of nitrogens with zero attached hydrogens (tertiary/aromatic N) is 1. The summed E-state index contributed by atoms with van der Waals surface area (Å²) in [6.07, 6.45) is 2.57. The number of hydrogen-bond acceptors (Lipinski definition) is 2. The van der Waals surface area contributed by atoms with Crippen LogP contribution in [-0.2, 0) is 11.2 Å². The van der Waals surface area contributed by atoms with Gasteiger partial charge in [-0.2, -0.15) is 0 Å². The smallest absolute Gasteiger partial charge is 0.229 e. The molecule has 1 amide bonds. The van der Waals surface area contributed by atoms with E-state index in [1.165, 1.54) is 0 Å². The molecule has 0 radical (unpaired) electrons. The second-order valence-corrected chi connectivity index (χ2v) is 5.57. The summed E-state index contributed by atoms with van der Waals surface area (Å²) in [6.45, 7) is 7.69. The molecule has 0 saturated heterocycles. The summed E-state index contributed by atoms with van der Waals surface area (Å²) in [5.41, 5.74) is 1.36. The highest BCUT2D eigenvalue weighted by molar-refractivity contribution is 9.10. The maximum atomic E-state index is 11.8. The number of carbonyl (C=O) groups excluding carboxylic acids is 1. The predicted octanol–water partition coefficient (Wildman–Crippen LogP) is 3.39. The Balaban J connectivity index is 2.92. The third-order valence-corrected chi connectivity index (χ3v) is 2.84. The van der Waals surface area contributed by atoms with E-state index in [0.29, 0.717) is 0 Å². The highest BCUT2D eigenvalue weighted by atomic mass is 79.9. The molecule has 4 heteroatoms. The van der Waals surface area contributed by atoms with E-state index in [4.69, 9.17) is 0 Å². The lowest BCUT2D eigenvalue weighted by Crippen LogP contribution is -2.27. The number of hydrogen-bond donors (Lipinski definition) is 1. The first-order valence-corrected chi connectivity index (χ1v) is 6.09. The molecular formula is C12H17BrN2O. The summed E-state index contributed by atoms with van der Waals surface area (Å²) < 4.78 is 0.808. The van der Waals surface area contributed by atoms with Gasteiger partial charge in [-0.05, 0) is 28.4 Å². The van der Waals surface area contributed by atoms with Gasteiger partial charge in [-0.25, -0.2) is 0 Å². The molecular weight excluding hydrogens is 268 g/mol. The number of carbonyl (C=O) groups is 1. The van der Waals surface area contributed by atoms with Crippen molar-refractivity contribution in [3.05, 3.63) is 22.4 Å². The molecule has 0 fully saturated rings. The number of halogens is 1. The summed E-state index contributed by atoms with van der Waals surface area (Å²) in [5, 5.41) is 2.90. The van der Waals surface area contributed by atoms with E-state index < -0.39 is 5.41 Å². The molecule has 0 spiro atoms. The van der Waals surface area contributed by atoms with Crippen molar-refractivity contribution in [1.82, 2.24) is 4.98 Å². The Labute approximate surface area is 105 Å². The fourth-order valence-electron chi connectivity index (χ4n) is 1.08. The van der Waals surface area contributed by atoms with Crippen LogP contribution in [0, 0.1) is 5.41 Å². The van der Waals surface area contributed by atoms with Crippen molar-refractivity contribution in [2.45, 2.75) is 34.1 Å². The number of pyridine rings is 1. The van der Waals surface area contributed by atoms with Gasteiger partial charge in [0.15, 0.2) is 0 Å². The highest BCUT2D eigenvalue weighted by Gasteiger charge is 2.21. The average Bonchev–Trinajstić information content (AvgIpc) is 2.19. The maximum Gasteiger partial charge on any atom is 0.229 e. The molecule has 1 heterocycles. The number of aryl methyl sites for hydroxylation is 1. The lowest BCUT2D eigenvalue weighted by molar-refractivity contribution is -0.123. The van der Waals surface area contributed by atoms with E-state index in [1.807, 2.05) is 33.8 Å². The normalized spacial score (nSPS) is 11.3. The summed E-state index contributed by atoms with van der Waals surface area (Å²) in [7, 11) is 0. The summed E-state index contributed by atoms with van der Waals surface area (Å²) in [4.78, 5) is 16.1. The molecule has 1 rings (SSSR count). The number of aromatic nitrogens is 1. The van der Waals surface area contributed by atoms with Crippen LogP contribution < -0.4 is 5.32 Å². The van der Waals surface area contributed by atoms with Gasteiger partial charge in [0.1, 0.15) is 0 Å². The summed E-state index contributed by atoms with van der Waals surface area (Å²) in [6, 6.07) is 1.90. The second-order valence-electron chi connectivity index (χ2n) is 4.71. The minimum atomic E-state index is -0.394. The van der Waals surface area contributed by atoms with E-state index in [1.54, 1.807) is 6.20 Å². The molecule has 1 aromatic heterocycles. The van der Waals surface area contributed by atoms with Crippen molar-refractivity contribution < 1.29 is 4.79 Å². The summed E-state index contributed by atoms with van der Waals surface area (Å²) in [5.74, 6) is 0.00135. The molecule has 0 aliphatic rings. The number of amides is 1. The zero-order valence-corrected chi connectivity index (χ0v) is 11.7. The van der Waals surface area contributed by atoms with Gasteiger partial charge in [-0.15, -0.1) is 0 Å². The van der Waals surface area contributed by atoms with E-state index in [9.17, 15) is 4.79 Å². The van der Waals surface area contributed by atoms with Gasteiger partial charge in [0, 0.05) is 17.3 Å². The highest BCUT2D eigenvalue weighted by Crippen LogP contribution is 2.24. The average molecular weight is 285 g/mol. The van der Waals surface area contributed by atoms with Gasteiger partial charge in [-0.1, -0.05) is 27.7 Å². The maximum absolute atomic E-state index is 11.8. The van der Waals surface area contributed by atoms with E-state index in [-0.39, 0.29) is 5.91 Å². The van der Waals surface area contributed by atoms with Crippen molar-refractivity contribution in [1.29, 1.82) is 0 Å². The monoisotopic (exact) mass is 284 g/mol. The Morgan fingerprint density at radius 1 is 1.50 bits per heavy atom. The molecule has 0 aliphatic heterocycles. The van der Waals surface area contributed by atoms with Crippen LogP contribution in [0.1, 0.15) is 33.4 Å². The minimum Gasteiger partial charge on any atom is -0.325 e. The zero-order chi connectivity index (χ0) is 12.3. The molecule has 1 aromatic rings. The molecule has 3 nitrogen and oxygen atoms in total. The SMILES string of the molecule is CCc1cc(NC(=O)C(C)(C)C)c(Br)cn1. The largest absolute Gasteiger partial charge is 0.325 e. The van der Waals surface area contributed by atoms with Crippen molar-refractivity contribution in [2.75, 3.05) is 5.32 Å². The Morgan fingerprint density at radius 2 is 2.12 bits per heavy atom. The van der Waals surface area contributed by atoms with Crippen LogP contribution in [0.4, 0.5) is 5.69 Å². The first-order valence-electron chi connectivity index (χ1n) is 5.30. The van der Waals surface area contributed by atoms with E-state index in [2.05, 4.69) is 26.2 Å². The molecule has 88 valence electrons. The Bertz CT molecular complexity index is 396. The molecule has 0 saturated carbocycles. The van der Waals surface area contributed by atoms with Crippen LogP contribution in [0.25, 0.3) is 0 Å². The van der Waals surface area contributed by atoms with Crippen LogP contribution in [0.3, 0.4) is 0 Å². The Hall–Kier alpha value is -0.900. The zero-order valence-electron chi connectivity index (χ0n) is 10.1. The first-order chi connectivity index (χ1) is 7.34. The van der Waals surface area contributed by atoms with Gasteiger partial charge in [-0.3, -0.25) is 9.78 Å². The fraction of sp³-hybridized carbons (Fsp3) is 0.500. The molecule has 0 bridgehead atoms. The van der Waals surface area contributed by atoms with Crippen LogP contribution in [0.5, 0.6) is 0 Å². The van der Waals surface area contributed by atoms with E-state index >= 15 is 0 Å². The van der Waals surface area contributed by atoms with Crippen LogP contribution in [0.15, 0.2) is 16.7 Å². The Morgan fingerprint density at radius 3 is 2.62 bits per heavy atom. The lowest BCUT2D eigenvalue weighted by atomic mass is 9.95. The predicted molar refractivity (Wildman–Crippen MR) is 69.4 cm³/mol. The van der Waals surface area contributed by atoms with Crippen molar-refractivity contribution in [3.63, 3.8) is 0 Å². The number of nitrogens with one attached hydrogen (secondary N) is 1. The first kappa shape index (κ1) is 13.2. The van der Waals surface area contributed by atoms with Crippen molar-refractivity contribution in [2.24, 2.45) is 5.41 Å². The third kappa shape index (κ3) is 3.30. The standard InChI is InChI=1S/C12H17BrN2O/c1-5-8-6-10(9(13)7-14-8)15-11(16)12(2,3)4/h6-7H,5H2,1-4H3,(H,14,15,16). The molecule has 0 aliphatic carbocycles. The molecule has 0 aromatic carbocycles. The molecule has 16 heavy (non-hydrogen) atoms. The molecule has 0 unspecified atom stereocenters. The molecule has 1 N–H and O–H groups in total. The lowest BCUT2D eigenvalue weighted by Gasteiger charge is -2.18. The van der Waals surface area contributed by atoms with Crippen LogP contribution >= 0.6 is 15.9 Å². The summed E-state index contributed by atoms with van der Waals surface area (Å²) >= 11 is 3.38. The molecule has 0 atom stereocenters. The van der Waals surface area contributed by atoms with Gasteiger partial charge in [0.25, 0.3) is 0 Å². The minimum absolute atomic E-state index is 0.00135. The van der Waals surface area contributed by atoms with Crippen LogP contribution in [0.2, 0.25) is 0 Å². The van der Waals surface area contributed by atoms with Crippen molar-refractivity contribution in [3.8, 4) is 0 Å². The third-order valence-electron chi connectivity index (χ3n) is 2.20. The van der Waals surface area contributed by atoms with Crippen LogP contribution in [-0.4, -0.2) is 10.9 Å². The van der Waals surface area contributed by atoms with Gasteiger partial charge in [0.2, 0.25) is 5.91 Å².